The van der Waals surface area contributed by atoms with Crippen LogP contribution in [0.15, 0.2) is 12.1 Å². The average molecular weight is 361 g/mol. The van der Waals surface area contributed by atoms with E-state index in [9.17, 15) is 9.59 Å². The maximum Gasteiger partial charge on any atom is 0.270 e. The molecule has 0 spiro atoms. The summed E-state index contributed by atoms with van der Waals surface area (Å²) in [6.07, 6.45) is 4.11. The van der Waals surface area contributed by atoms with Gasteiger partial charge in [-0.25, -0.2) is 4.98 Å². The number of carbonyl (C=O) groups is 2. The van der Waals surface area contributed by atoms with E-state index in [1.165, 1.54) is 12.8 Å². The zero-order valence-corrected chi connectivity index (χ0v) is 15.2. The molecule has 2 amide bonds. The molecule has 0 bridgehead atoms. The molecular weight excluding hydrogens is 334 g/mol. The summed E-state index contributed by atoms with van der Waals surface area (Å²) >= 11 is 0. The molecule has 2 heterocycles. The Morgan fingerprint density at radius 2 is 2.04 bits per heavy atom. The molecule has 2 aliphatic rings. The molecule has 0 radical (unpaired) electrons. The molecule has 2 fully saturated rings. The third-order valence-electron chi connectivity index (χ3n) is 5.01. The Balaban J connectivity index is 1.67. The van der Waals surface area contributed by atoms with Crippen molar-refractivity contribution in [2.75, 3.05) is 19.8 Å². The largest absolute Gasteiger partial charge is 0.477 e. The van der Waals surface area contributed by atoms with Crippen molar-refractivity contribution in [1.82, 2.24) is 10.3 Å². The second-order valence-electron chi connectivity index (χ2n) is 7.27. The number of rotatable bonds is 8. The number of nitrogens with one attached hydrogen (secondary N) is 1. The number of aryl methyl sites for hydroxylation is 1. The number of primary amides is 1. The van der Waals surface area contributed by atoms with Gasteiger partial charge >= 0.3 is 0 Å². The number of nitrogens with two attached hydrogens (primary N) is 1. The van der Waals surface area contributed by atoms with E-state index >= 15 is 0 Å². The summed E-state index contributed by atoms with van der Waals surface area (Å²) in [6.45, 7) is 3.83. The first-order chi connectivity index (χ1) is 12.5. The summed E-state index contributed by atoms with van der Waals surface area (Å²) in [7, 11) is 0. The minimum absolute atomic E-state index is 0.118. The fraction of sp³-hybridized carbons (Fsp3) is 0.632. The first kappa shape index (κ1) is 18.6. The number of hydrogen-bond acceptors (Lipinski definition) is 5. The maximum atomic E-state index is 12.7. The van der Waals surface area contributed by atoms with Crippen molar-refractivity contribution in [1.29, 1.82) is 0 Å². The monoisotopic (exact) mass is 361 g/mol. The first-order valence-corrected chi connectivity index (χ1v) is 9.30. The topological polar surface area (TPSA) is 104 Å². The molecule has 1 aliphatic heterocycles. The van der Waals surface area contributed by atoms with E-state index in [-0.39, 0.29) is 24.3 Å². The Morgan fingerprint density at radius 1 is 1.31 bits per heavy atom. The van der Waals surface area contributed by atoms with E-state index in [4.69, 9.17) is 15.2 Å². The third kappa shape index (κ3) is 5.17. The Hall–Kier alpha value is -2.15. The van der Waals surface area contributed by atoms with E-state index < -0.39 is 5.91 Å². The Labute approximate surface area is 153 Å². The number of pyridine rings is 1. The van der Waals surface area contributed by atoms with Crippen LogP contribution >= 0.6 is 0 Å². The van der Waals surface area contributed by atoms with Crippen molar-refractivity contribution < 1.29 is 19.1 Å². The minimum atomic E-state index is -0.424. The van der Waals surface area contributed by atoms with Gasteiger partial charge in [0.15, 0.2) is 0 Å². The van der Waals surface area contributed by atoms with E-state index in [1.807, 2.05) is 13.0 Å². The second kappa shape index (κ2) is 8.49. The predicted octanol–water partition coefficient (Wildman–Crippen LogP) is 1.58. The Morgan fingerprint density at radius 3 is 2.69 bits per heavy atom. The lowest BCUT2D eigenvalue weighted by atomic mass is 9.89. The van der Waals surface area contributed by atoms with Crippen LogP contribution in [0.3, 0.4) is 0 Å². The maximum absolute atomic E-state index is 12.7. The molecule has 26 heavy (non-hydrogen) atoms. The van der Waals surface area contributed by atoms with Crippen molar-refractivity contribution >= 4 is 11.8 Å². The van der Waals surface area contributed by atoms with Gasteiger partial charge in [-0.3, -0.25) is 9.59 Å². The average Bonchev–Trinajstić information content (AvgIpc) is 3.45. The summed E-state index contributed by atoms with van der Waals surface area (Å²) in [4.78, 5) is 28.5. The summed E-state index contributed by atoms with van der Waals surface area (Å²) in [6, 6.07) is 3.21. The van der Waals surface area contributed by atoms with Crippen LogP contribution in [0.2, 0.25) is 0 Å². The number of amides is 2. The molecule has 3 rings (SSSR count). The highest BCUT2D eigenvalue weighted by molar-refractivity contribution is 5.93. The molecule has 7 heteroatoms. The molecule has 1 aromatic heterocycles. The summed E-state index contributed by atoms with van der Waals surface area (Å²) in [5, 5.41) is 2.94. The van der Waals surface area contributed by atoms with Crippen LogP contribution in [0.1, 0.15) is 48.2 Å². The molecule has 1 unspecified atom stereocenters. The van der Waals surface area contributed by atoms with Crippen LogP contribution in [0.5, 0.6) is 5.88 Å². The van der Waals surface area contributed by atoms with E-state index in [0.29, 0.717) is 37.3 Å². The van der Waals surface area contributed by atoms with E-state index in [1.54, 1.807) is 6.07 Å². The number of carbonyl (C=O) groups excluding carboxylic acids is 2. The van der Waals surface area contributed by atoms with Crippen molar-refractivity contribution in [2.45, 2.75) is 45.1 Å². The zero-order chi connectivity index (χ0) is 18.5. The van der Waals surface area contributed by atoms with Crippen LogP contribution in [0, 0.1) is 18.8 Å². The summed E-state index contributed by atoms with van der Waals surface area (Å²) in [5.74, 6) is 0.562. The number of aromatic nitrogens is 1. The molecule has 3 N–H and O–H groups in total. The second-order valence-corrected chi connectivity index (χ2v) is 7.27. The summed E-state index contributed by atoms with van der Waals surface area (Å²) < 4.78 is 11.1. The highest BCUT2D eigenvalue weighted by Gasteiger charge is 2.28. The molecule has 7 nitrogen and oxygen atoms in total. The molecule has 1 saturated heterocycles. The van der Waals surface area contributed by atoms with Crippen molar-refractivity contribution in [3.05, 3.63) is 23.4 Å². The van der Waals surface area contributed by atoms with Crippen LogP contribution < -0.4 is 15.8 Å². The van der Waals surface area contributed by atoms with Crippen molar-refractivity contribution in [2.24, 2.45) is 17.6 Å². The van der Waals surface area contributed by atoms with Crippen LogP contribution in [-0.2, 0) is 9.53 Å². The zero-order valence-electron chi connectivity index (χ0n) is 15.2. The lowest BCUT2D eigenvalue weighted by molar-refractivity contribution is -0.118. The van der Waals surface area contributed by atoms with Crippen LogP contribution in [0.4, 0.5) is 0 Å². The third-order valence-corrected chi connectivity index (χ3v) is 5.01. The van der Waals surface area contributed by atoms with Gasteiger partial charge in [0, 0.05) is 31.2 Å². The molecule has 1 atom stereocenters. The Kier molecular flexibility index (Phi) is 6.08. The normalized spacial score (nSPS) is 19.0. The first-order valence-electron chi connectivity index (χ1n) is 9.30. The smallest absolute Gasteiger partial charge is 0.270 e. The van der Waals surface area contributed by atoms with Crippen molar-refractivity contribution in [3.8, 4) is 5.88 Å². The van der Waals surface area contributed by atoms with Crippen LogP contribution in [0.25, 0.3) is 0 Å². The van der Waals surface area contributed by atoms with Gasteiger partial charge in [0.2, 0.25) is 11.8 Å². The van der Waals surface area contributed by atoms with Gasteiger partial charge in [0.25, 0.3) is 5.91 Å². The standard InChI is InChI=1S/C19H27N3O4/c1-12-2-5-15(22-19(12)26-11-13-3-4-13)18(24)21-16(10-17(20)23)14-6-8-25-9-7-14/h2,5,13-14,16H,3-4,6-11H2,1H3,(H2,20,23)(H,21,24). The fourth-order valence-electron chi connectivity index (χ4n) is 3.18. The van der Waals surface area contributed by atoms with Gasteiger partial charge in [0.1, 0.15) is 5.69 Å². The van der Waals surface area contributed by atoms with E-state index in [2.05, 4.69) is 10.3 Å². The lowest BCUT2D eigenvalue weighted by Crippen LogP contribution is -2.44. The quantitative estimate of drug-likeness (QED) is 0.732. The van der Waals surface area contributed by atoms with E-state index in [0.717, 1.165) is 18.4 Å². The molecule has 1 saturated carbocycles. The minimum Gasteiger partial charge on any atom is -0.477 e. The molecule has 142 valence electrons. The van der Waals surface area contributed by atoms with Crippen molar-refractivity contribution in [3.63, 3.8) is 0 Å². The fourth-order valence-corrected chi connectivity index (χ4v) is 3.18. The van der Waals surface area contributed by atoms with Crippen LogP contribution in [-0.4, -0.2) is 42.7 Å². The SMILES string of the molecule is Cc1ccc(C(=O)NC(CC(N)=O)C2CCOCC2)nc1OCC1CC1. The molecule has 1 aliphatic carbocycles. The predicted molar refractivity (Wildman–Crippen MR) is 95.8 cm³/mol. The highest BCUT2D eigenvalue weighted by Crippen LogP contribution is 2.30. The highest BCUT2D eigenvalue weighted by atomic mass is 16.5. The van der Waals surface area contributed by atoms with Gasteiger partial charge in [0.05, 0.1) is 6.61 Å². The number of nitrogens with zero attached hydrogens (tertiary/aromatic N) is 1. The molecule has 0 aromatic carbocycles. The Bertz CT molecular complexity index is 654. The number of hydrogen-bond donors (Lipinski definition) is 2. The lowest BCUT2D eigenvalue weighted by Gasteiger charge is -2.30. The van der Waals surface area contributed by atoms with Gasteiger partial charge < -0.3 is 20.5 Å². The number of ether oxygens (including phenoxy) is 2. The van der Waals surface area contributed by atoms with Gasteiger partial charge in [-0.1, -0.05) is 6.07 Å². The van der Waals surface area contributed by atoms with Gasteiger partial charge in [-0.2, -0.15) is 0 Å². The van der Waals surface area contributed by atoms with Gasteiger partial charge in [-0.15, -0.1) is 0 Å². The molecule has 1 aromatic rings. The molecular formula is C19H27N3O4. The summed E-state index contributed by atoms with van der Waals surface area (Å²) in [5.41, 5.74) is 6.57. The van der Waals surface area contributed by atoms with Gasteiger partial charge in [-0.05, 0) is 50.5 Å².